The maximum atomic E-state index is 13.9. The molecule has 0 aliphatic carbocycles. The van der Waals surface area contributed by atoms with Crippen LogP contribution >= 0.6 is 11.6 Å². The van der Waals surface area contributed by atoms with Gasteiger partial charge in [0.05, 0.1) is 17.0 Å². The first-order chi connectivity index (χ1) is 12.5. The Morgan fingerprint density at radius 3 is 2.35 bits per heavy atom. The highest BCUT2D eigenvalue weighted by atomic mass is 35.5. The van der Waals surface area contributed by atoms with Crippen LogP contribution in [0.5, 0.6) is 0 Å². The fraction of sp³-hybridized carbons (Fsp3) is 0.300. The number of piperazine rings is 1. The molecule has 0 atom stereocenters. The highest BCUT2D eigenvalue weighted by molar-refractivity contribution is 6.33. The van der Waals surface area contributed by atoms with Crippen molar-refractivity contribution in [3.05, 3.63) is 70.0 Å². The summed E-state index contributed by atoms with van der Waals surface area (Å²) >= 11 is 5.97. The molecule has 1 fully saturated rings. The molecular weight excluding hydrogens is 355 g/mol. The van der Waals surface area contributed by atoms with Gasteiger partial charge in [-0.1, -0.05) is 47.5 Å². The van der Waals surface area contributed by atoms with Gasteiger partial charge < -0.3 is 9.80 Å². The number of nitrogens with zero attached hydrogens (tertiary/aromatic N) is 2. The lowest BCUT2D eigenvalue weighted by molar-refractivity contribution is -0.131. The summed E-state index contributed by atoms with van der Waals surface area (Å²) in [7, 11) is 0. The number of benzene rings is 2. The van der Waals surface area contributed by atoms with Gasteiger partial charge in [-0.05, 0) is 24.6 Å². The average molecular weight is 375 g/mol. The third-order valence-corrected chi connectivity index (χ3v) is 4.85. The van der Waals surface area contributed by atoms with Crippen molar-refractivity contribution in [2.45, 2.75) is 13.3 Å². The molecule has 3 rings (SSSR count). The number of hydrogen-bond donors (Lipinski definition) is 0. The van der Waals surface area contributed by atoms with Gasteiger partial charge in [-0.25, -0.2) is 4.39 Å². The Bertz CT molecular complexity index is 812. The molecular formula is C20H20ClFN2O2. The van der Waals surface area contributed by atoms with E-state index in [0.29, 0.717) is 32.6 Å². The summed E-state index contributed by atoms with van der Waals surface area (Å²) in [6.07, 6.45) is 0.342. The predicted octanol–water partition coefficient (Wildman–Crippen LogP) is 3.31. The van der Waals surface area contributed by atoms with Crippen molar-refractivity contribution in [2.24, 2.45) is 0 Å². The van der Waals surface area contributed by atoms with Crippen LogP contribution < -0.4 is 0 Å². The molecule has 4 nitrogen and oxygen atoms in total. The van der Waals surface area contributed by atoms with E-state index in [2.05, 4.69) is 0 Å². The van der Waals surface area contributed by atoms with E-state index < -0.39 is 11.7 Å². The van der Waals surface area contributed by atoms with Gasteiger partial charge in [0, 0.05) is 26.2 Å². The van der Waals surface area contributed by atoms with E-state index in [1.165, 1.54) is 18.2 Å². The van der Waals surface area contributed by atoms with Gasteiger partial charge in [0.25, 0.3) is 5.91 Å². The predicted molar refractivity (Wildman–Crippen MR) is 98.8 cm³/mol. The molecule has 0 N–H and O–H groups in total. The lowest BCUT2D eigenvalue weighted by Crippen LogP contribution is -2.51. The molecule has 26 heavy (non-hydrogen) atoms. The lowest BCUT2D eigenvalue weighted by Gasteiger charge is -2.35. The summed E-state index contributed by atoms with van der Waals surface area (Å²) in [4.78, 5) is 28.3. The Morgan fingerprint density at radius 2 is 1.69 bits per heavy atom. The zero-order valence-corrected chi connectivity index (χ0v) is 15.3. The summed E-state index contributed by atoms with van der Waals surface area (Å²) in [5.74, 6) is -1.02. The number of carbonyl (C=O) groups excluding carboxylic acids is 2. The van der Waals surface area contributed by atoms with E-state index in [4.69, 9.17) is 11.6 Å². The molecule has 2 aromatic rings. The highest BCUT2D eigenvalue weighted by Crippen LogP contribution is 2.21. The molecule has 0 bridgehead atoms. The minimum absolute atomic E-state index is 0.0339. The third-order valence-electron chi connectivity index (χ3n) is 4.53. The van der Waals surface area contributed by atoms with Gasteiger partial charge in [-0.2, -0.15) is 0 Å². The first kappa shape index (κ1) is 18.4. The second kappa shape index (κ2) is 7.87. The summed E-state index contributed by atoms with van der Waals surface area (Å²) in [5.41, 5.74) is 1.99. The normalized spacial score (nSPS) is 14.4. The van der Waals surface area contributed by atoms with Gasteiger partial charge in [0.2, 0.25) is 5.91 Å². The molecule has 1 heterocycles. The topological polar surface area (TPSA) is 40.6 Å². The minimum atomic E-state index is -0.625. The summed E-state index contributed by atoms with van der Waals surface area (Å²) in [5, 5.41) is 0.105. The molecule has 0 aromatic heterocycles. The van der Waals surface area contributed by atoms with E-state index in [9.17, 15) is 14.0 Å². The summed E-state index contributed by atoms with van der Waals surface area (Å²) in [6.45, 7) is 3.59. The molecule has 0 radical (unpaired) electrons. The van der Waals surface area contributed by atoms with Crippen LogP contribution in [0.25, 0.3) is 0 Å². The van der Waals surface area contributed by atoms with E-state index in [-0.39, 0.29) is 16.5 Å². The van der Waals surface area contributed by atoms with Gasteiger partial charge in [-0.3, -0.25) is 9.59 Å². The van der Waals surface area contributed by atoms with Crippen LogP contribution in [0.1, 0.15) is 21.5 Å². The van der Waals surface area contributed by atoms with E-state index in [1.807, 2.05) is 31.2 Å². The van der Waals surface area contributed by atoms with Crippen molar-refractivity contribution in [3.8, 4) is 0 Å². The zero-order valence-electron chi connectivity index (χ0n) is 14.5. The van der Waals surface area contributed by atoms with Crippen molar-refractivity contribution >= 4 is 23.4 Å². The fourth-order valence-electron chi connectivity index (χ4n) is 3.13. The Morgan fingerprint density at radius 1 is 1.04 bits per heavy atom. The Labute approximate surface area is 157 Å². The van der Waals surface area contributed by atoms with E-state index in [1.54, 1.807) is 9.80 Å². The number of rotatable bonds is 3. The number of aryl methyl sites for hydroxylation is 1. The second-order valence-electron chi connectivity index (χ2n) is 6.44. The number of halogens is 2. The first-order valence-corrected chi connectivity index (χ1v) is 8.90. The summed E-state index contributed by atoms with van der Waals surface area (Å²) < 4.78 is 13.9. The van der Waals surface area contributed by atoms with Crippen LogP contribution in [0.3, 0.4) is 0 Å². The van der Waals surface area contributed by atoms with Crippen molar-refractivity contribution in [1.82, 2.24) is 9.80 Å². The van der Waals surface area contributed by atoms with Gasteiger partial charge in [-0.15, -0.1) is 0 Å². The molecule has 136 valence electrons. The SMILES string of the molecule is Cc1cccc(CC(=O)N2CCN(C(=O)c3c(F)cccc3Cl)CC2)c1. The van der Waals surface area contributed by atoms with Gasteiger partial charge in [0.15, 0.2) is 0 Å². The van der Waals surface area contributed by atoms with Crippen LogP contribution in [-0.2, 0) is 11.2 Å². The molecule has 0 spiro atoms. The van der Waals surface area contributed by atoms with Crippen molar-refractivity contribution in [2.75, 3.05) is 26.2 Å². The second-order valence-corrected chi connectivity index (χ2v) is 6.84. The van der Waals surface area contributed by atoms with E-state index >= 15 is 0 Å². The van der Waals surface area contributed by atoms with E-state index in [0.717, 1.165) is 11.1 Å². The third kappa shape index (κ3) is 4.05. The van der Waals surface area contributed by atoms with Crippen LogP contribution in [0.4, 0.5) is 4.39 Å². The molecule has 1 aliphatic rings. The minimum Gasteiger partial charge on any atom is -0.339 e. The lowest BCUT2D eigenvalue weighted by atomic mass is 10.1. The highest BCUT2D eigenvalue weighted by Gasteiger charge is 2.27. The Balaban J connectivity index is 1.60. The van der Waals surface area contributed by atoms with Crippen molar-refractivity contribution in [3.63, 3.8) is 0 Å². The molecule has 0 unspecified atom stereocenters. The molecule has 1 saturated heterocycles. The average Bonchev–Trinajstić information content (AvgIpc) is 2.61. The standard InChI is InChI=1S/C20H20ClFN2O2/c1-14-4-2-5-15(12-14)13-18(25)23-8-10-24(11-9-23)20(26)19-16(21)6-3-7-17(19)22/h2-7,12H,8-11,13H2,1H3. The number of carbonyl (C=O) groups is 2. The monoisotopic (exact) mass is 374 g/mol. The van der Waals surface area contributed by atoms with Gasteiger partial charge in [0.1, 0.15) is 5.82 Å². The zero-order chi connectivity index (χ0) is 18.7. The van der Waals surface area contributed by atoms with Crippen LogP contribution in [0, 0.1) is 12.7 Å². The van der Waals surface area contributed by atoms with Crippen molar-refractivity contribution in [1.29, 1.82) is 0 Å². The molecule has 2 amide bonds. The molecule has 6 heteroatoms. The smallest absolute Gasteiger partial charge is 0.258 e. The maximum Gasteiger partial charge on any atom is 0.258 e. The van der Waals surface area contributed by atoms with Crippen LogP contribution in [0.15, 0.2) is 42.5 Å². The Hall–Kier alpha value is -2.40. The molecule has 2 aromatic carbocycles. The summed E-state index contributed by atoms with van der Waals surface area (Å²) in [6, 6.07) is 12.1. The van der Waals surface area contributed by atoms with Crippen LogP contribution in [-0.4, -0.2) is 47.8 Å². The molecule has 1 aliphatic heterocycles. The largest absolute Gasteiger partial charge is 0.339 e. The number of amides is 2. The maximum absolute atomic E-state index is 13.9. The Kier molecular flexibility index (Phi) is 5.57. The molecule has 0 saturated carbocycles. The quantitative estimate of drug-likeness (QED) is 0.827. The van der Waals surface area contributed by atoms with Crippen LogP contribution in [0.2, 0.25) is 5.02 Å². The first-order valence-electron chi connectivity index (χ1n) is 8.52. The van der Waals surface area contributed by atoms with Crippen molar-refractivity contribution < 1.29 is 14.0 Å². The number of hydrogen-bond acceptors (Lipinski definition) is 2. The van der Waals surface area contributed by atoms with Gasteiger partial charge >= 0.3 is 0 Å². The fourth-order valence-corrected chi connectivity index (χ4v) is 3.37.